The Morgan fingerprint density at radius 2 is 2.31 bits per heavy atom. The highest BCUT2D eigenvalue weighted by Gasteiger charge is 2.11. The van der Waals surface area contributed by atoms with Crippen LogP contribution in [0, 0.1) is 5.82 Å². The van der Waals surface area contributed by atoms with Gasteiger partial charge in [0, 0.05) is 17.3 Å². The Bertz CT molecular complexity index is 471. The fourth-order valence-corrected chi connectivity index (χ4v) is 2.28. The lowest BCUT2D eigenvalue weighted by molar-refractivity contribution is 0.196. The SMILES string of the molecule is C[C@@H](O)c1cc(F)ccc1Sc1ncc[nH]1. The number of H-pyrrole nitrogens is 1. The first-order valence-corrected chi connectivity index (χ1v) is 5.63. The molecular formula is C11H11FN2OS. The number of aliphatic hydroxyl groups is 1. The predicted octanol–water partition coefficient (Wildman–Crippen LogP) is 2.75. The summed E-state index contributed by atoms with van der Waals surface area (Å²) in [5, 5.41) is 10.3. The maximum atomic E-state index is 13.0. The summed E-state index contributed by atoms with van der Waals surface area (Å²) in [6, 6.07) is 4.36. The summed E-state index contributed by atoms with van der Waals surface area (Å²) in [5.41, 5.74) is 0.571. The topological polar surface area (TPSA) is 48.9 Å². The van der Waals surface area contributed by atoms with E-state index in [1.807, 2.05) is 0 Å². The highest BCUT2D eigenvalue weighted by molar-refractivity contribution is 7.99. The fourth-order valence-electron chi connectivity index (χ4n) is 1.35. The van der Waals surface area contributed by atoms with Crippen molar-refractivity contribution in [3.8, 4) is 0 Å². The number of hydrogen-bond donors (Lipinski definition) is 2. The van der Waals surface area contributed by atoms with Crippen molar-refractivity contribution in [2.45, 2.75) is 23.1 Å². The summed E-state index contributed by atoms with van der Waals surface area (Å²) < 4.78 is 13.0. The first-order valence-electron chi connectivity index (χ1n) is 4.81. The molecule has 0 radical (unpaired) electrons. The van der Waals surface area contributed by atoms with Gasteiger partial charge in [0.2, 0.25) is 0 Å². The molecule has 0 amide bonds. The quantitative estimate of drug-likeness (QED) is 0.864. The number of halogens is 1. The van der Waals surface area contributed by atoms with E-state index in [1.165, 1.54) is 23.9 Å². The minimum Gasteiger partial charge on any atom is -0.389 e. The molecule has 0 spiro atoms. The molecule has 1 aromatic heterocycles. The summed E-state index contributed by atoms with van der Waals surface area (Å²) in [7, 11) is 0. The first kappa shape index (κ1) is 11.2. The monoisotopic (exact) mass is 238 g/mol. The third-order valence-corrected chi connectivity index (χ3v) is 3.11. The van der Waals surface area contributed by atoms with E-state index < -0.39 is 6.10 Å². The van der Waals surface area contributed by atoms with E-state index in [9.17, 15) is 9.50 Å². The molecule has 0 aliphatic rings. The molecule has 0 saturated heterocycles. The van der Waals surface area contributed by atoms with Gasteiger partial charge in [0.25, 0.3) is 0 Å². The highest BCUT2D eigenvalue weighted by atomic mass is 32.2. The summed E-state index contributed by atoms with van der Waals surface area (Å²) in [6.07, 6.45) is 2.66. The van der Waals surface area contributed by atoms with Crippen LogP contribution in [0.2, 0.25) is 0 Å². The largest absolute Gasteiger partial charge is 0.389 e. The molecule has 3 nitrogen and oxygen atoms in total. The van der Waals surface area contributed by atoms with Crippen LogP contribution in [0.3, 0.4) is 0 Å². The number of aliphatic hydroxyl groups excluding tert-OH is 1. The van der Waals surface area contributed by atoms with Crippen molar-refractivity contribution in [2.75, 3.05) is 0 Å². The standard InChI is InChI=1S/C11H11FN2OS/c1-7(15)9-6-8(12)2-3-10(9)16-11-13-4-5-14-11/h2-7,15H,1H3,(H,13,14)/t7-/m1/s1. The molecule has 16 heavy (non-hydrogen) atoms. The molecule has 2 rings (SSSR count). The van der Waals surface area contributed by atoms with Gasteiger partial charge in [0.1, 0.15) is 5.82 Å². The van der Waals surface area contributed by atoms with Gasteiger partial charge in [-0.2, -0.15) is 0 Å². The Balaban J connectivity index is 2.33. The van der Waals surface area contributed by atoms with Crippen LogP contribution in [-0.4, -0.2) is 15.1 Å². The van der Waals surface area contributed by atoms with Gasteiger partial charge in [-0.05, 0) is 30.7 Å². The summed E-state index contributed by atoms with van der Waals surface area (Å²) in [5.74, 6) is -0.348. The van der Waals surface area contributed by atoms with Crippen LogP contribution in [0.15, 0.2) is 40.6 Å². The van der Waals surface area contributed by atoms with Gasteiger partial charge in [-0.15, -0.1) is 0 Å². The molecule has 2 aromatic rings. The lowest BCUT2D eigenvalue weighted by Gasteiger charge is -2.10. The fraction of sp³-hybridized carbons (Fsp3) is 0.182. The highest BCUT2D eigenvalue weighted by Crippen LogP contribution is 2.31. The average Bonchev–Trinajstić information content (AvgIpc) is 2.73. The minimum atomic E-state index is -0.701. The van der Waals surface area contributed by atoms with Crippen molar-refractivity contribution in [3.05, 3.63) is 42.0 Å². The minimum absolute atomic E-state index is 0.348. The smallest absolute Gasteiger partial charge is 0.170 e. The molecule has 0 unspecified atom stereocenters. The van der Waals surface area contributed by atoms with E-state index in [1.54, 1.807) is 25.4 Å². The molecule has 0 saturated carbocycles. The third-order valence-electron chi connectivity index (χ3n) is 2.10. The molecule has 0 fully saturated rings. The van der Waals surface area contributed by atoms with Gasteiger partial charge in [0.15, 0.2) is 5.16 Å². The van der Waals surface area contributed by atoms with Gasteiger partial charge >= 0.3 is 0 Å². The summed E-state index contributed by atoms with van der Waals surface area (Å²) >= 11 is 1.36. The van der Waals surface area contributed by atoms with E-state index in [2.05, 4.69) is 9.97 Å². The number of nitrogens with zero attached hydrogens (tertiary/aromatic N) is 1. The van der Waals surface area contributed by atoms with Crippen LogP contribution in [0.5, 0.6) is 0 Å². The average molecular weight is 238 g/mol. The number of hydrogen-bond acceptors (Lipinski definition) is 3. The Morgan fingerprint density at radius 1 is 1.50 bits per heavy atom. The first-order chi connectivity index (χ1) is 7.66. The van der Waals surface area contributed by atoms with Gasteiger partial charge in [-0.25, -0.2) is 9.37 Å². The van der Waals surface area contributed by atoms with E-state index in [-0.39, 0.29) is 5.82 Å². The number of imidazole rings is 1. The summed E-state index contributed by atoms with van der Waals surface area (Å²) in [6.45, 7) is 1.61. The molecule has 0 bridgehead atoms. The van der Waals surface area contributed by atoms with Crippen molar-refractivity contribution in [2.24, 2.45) is 0 Å². The van der Waals surface area contributed by atoms with E-state index >= 15 is 0 Å². The second kappa shape index (κ2) is 4.67. The van der Waals surface area contributed by atoms with Crippen LogP contribution < -0.4 is 0 Å². The van der Waals surface area contributed by atoms with Crippen molar-refractivity contribution >= 4 is 11.8 Å². The molecule has 5 heteroatoms. The Hall–Kier alpha value is -1.33. The van der Waals surface area contributed by atoms with Crippen molar-refractivity contribution in [1.82, 2.24) is 9.97 Å². The molecule has 2 N–H and O–H groups in total. The van der Waals surface area contributed by atoms with Gasteiger partial charge < -0.3 is 10.1 Å². The molecule has 1 aromatic carbocycles. The molecule has 1 heterocycles. The Labute approximate surface area is 96.7 Å². The van der Waals surface area contributed by atoms with E-state index in [0.29, 0.717) is 10.7 Å². The second-order valence-corrected chi connectivity index (χ2v) is 4.39. The molecular weight excluding hydrogens is 227 g/mol. The Kier molecular flexibility index (Phi) is 3.26. The van der Waals surface area contributed by atoms with Crippen LogP contribution >= 0.6 is 11.8 Å². The molecule has 0 aliphatic heterocycles. The molecule has 1 atom stereocenters. The van der Waals surface area contributed by atoms with Gasteiger partial charge in [-0.1, -0.05) is 11.8 Å². The van der Waals surface area contributed by atoms with E-state index in [0.717, 1.165) is 4.90 Å². The number of rotatable bonds is 3. The maximum Gasteiger partial charge on any atom is 0.170 e. The zero-order valence-corrected chi connectivity index (χ0v) is 9.46. The number of aromatic nitrogens is 2. The third kappa shape index (κ3) is 2.43. The van der Waals surface area contributed by atoms with Gasteiger partial charge in [-0.3, -0.25) is 0 Å². The maximum absolute atomic E-state index is 13.0. The normalized spacial score (nSPS) is 12.7. The van der Waals surface area contributed by atoms with Crippen molar-refractivity contribution in [3.63, 3.8) is 0 Å². The van der Waals surface area contributed by atoms with Gasteiger partial charge in [0.05, 0.1) is 6.10 Å². The van der Waals surface area contributed by atoms with Crippen molar-refractivity contribution < 1.29 is 9.50 Å². The molecule has 84 valence electrons. The van der Waals surface area contributed by atoms with E-state index in [4.69, 9.17) is 0 Å². The Morgan fingerprint density at radius 3 is 2.94 bits per heavy atom. The lowest BCUT2D eigenvalue weighted by Crippen LogP contribution is -1.95. The number of aromatic amines is 1. The lowest BCUT2D eigenvalue weighted by atomic mass is 10.1. The number of nitrogens with one attached hydrogen (secondary N) is 1. The van der Waals surface area contributed by atoms with Crippen LogP contribution in [0.1, 0.15) is 18.6 Å². The van der Waals surface area contributed by atoms with Crippen LogP contribution in [0.25, 0.3) is 0 Å². The summed E-state index contributed by atoms with van der Waals surface area (Å²) in [4.78, 5) is 7.81. The molecule has 0 aliphatic carbocycles. The van der Waals surface area contributed by atoms with Crippen LogP contribution in [0.4, 0.5) is 4.39 Å². The predicted molar refractivity (Wildman–Crippen MR) is 59.7 cm³/mol. The zero-order chi connectivity index (χ0) is 11.5. The zero-order valence-electron chi connectivity index (χ0n) is 8.64. The number of benzene rings is 1. The van der Waals surface area contributed by atoms with Crippen molar-refractivity contribution in [1.29, 1.82) is 0 Å². The van der Waals surface area contributed by atoms with Crippen LogP contribution in [-0.2, 0) is 0 Å². The second-order valence-electron chi connectivity index (χ2n) is 3.35.